The fraction of sp³-hybridized carbons (Fsp3) is 1.00. The molecule has 0 radical (unpaired) electrons. The summed E-state index contributed by atoms with van der Waals surface area (Å²) in [5.74, 6) is 0.712. The third-order valence-corrected chi connectivity index (χ3v) is 1.81. The number of thioether (sulfide) groups is 1. The molecule has 50 valence electrons. The van der Waals surface area contributed by atoms with Crippen molar-refractivity contribution in [1.82, 2.24) is 0 Å². The molecule has 0 bridgehead atoms. The quantitative estimate of drug-likeness (QED) is 0.575. The molecule has 0 saturated carbocycles. The summed E-state index contributed by atoms with van der Waals surface area (Å²) in [4.78, 5) is 0. The highest BCUT2D eigenvalue weighted by Gasteiger charge is 2.15. The molecule has 2 nitrogen and oxygen atoms in total. The number of hydrogen-bond donors (Lipinski definition) is 2. The molecule has 0 aromatic heterocycles. The number of hydrogen-bond acceptors (Lipinski definition) is 3. The van der Waals surface area contributed by atoms with Crippen LogP contribution in [0.25, 0.3) is 0 Å². The molecule has 1 atom stereocenters. The van der Waals surface area contributed by atoms with E-state index in [1.54, 1.807) is 18.7 Å². The van der Waals surface area contributed by atoms with Gasteiger partial charge < -0.3 is 10.8 Å². The van der Waals surface area contributed by atoms with E-state index in [2.05, 4.69) is 0 Å². The molecule has 0 saturated heterocycles. The van der Waals surface area contributed by atoms with Gasteiger partial charge in [0.25, 0.3) is 0 Å². The van der Waals surface area contributed by atoms with Gasteiger partial charge in [-0.3, -0.25) is 0 Å². The Morgan fingerprint density at radius 2 is 2.25 bits per heavy atom. The predicted molar refractivity (Wildman–Crippen MR) is 38.1 cm³/mol. The van der Waals surface area contributed by atoms with Crippen molar-refractivity contribution in [3.63, 3.8) is 0 Å². The maximum atomic E-state index is 9.18. The second kappa shape index (κ2) is 3.33. The molecule has 0 fully saturated rings. The Bertz CT molecular complexity index is 65.4. The zero-order valence-electron chi connectivity index (χ0n) is 5.35. The van der Waals surface area contributed by atoms with E-state index >= 15 is 0 Å². The van der Waals surface area contributed by atoms with Gasteiger partial charge in [-0.25, -0.2) is 0 Å². The van der Waals surface area contributed by atoms with Crippen LogP contribution in [0.3, 0.4) is 0 Å². The lowest BCUT2D eigenvalue weighted by Crippen LogP contribution is -2.36. The Balaban J connectivity index is 3.37. The summed E-state index contributed by atoms with van der Waals surface area (Å²) in [5.41, 5.74) is 4.56. The van der Waals surface area contributed by atoms with Crippen LogP contribution in [-0.2, 0) is 0 Å². The molecule has 0 aliphatic rings. The zero-order chi connectivity index (χ0) is 6.62. The van der Waals surface area contributed by atoms with Crippen LogP contribution < -0.4 is 5.73 Å². The molecule has 0 amide bonds. The van der Waals surface area contributed by atoms with Crippen molar-refractivity contribution in [3.8, 4) is 0 Å². The van der Waals surface area contributed by atoms with Crippen molar-refractivity contribution >= 4 is 11.8 Å². The molecule has 3 heteroatoms. The lowest BCUT2D eigenvalue weighted by molar-refractivity contribution is 0.0950. The molecular weight excluding hydrogens is 122 g/mol. The monoisotopic (exact) mass is 135 g/mol. The first-order valence-electron chi connectivity index (χ1n) is 2.54. The third kappa shape index (κ3) is 3.29. The van der Waals surface area contributed by atoms with Gasteiger partial charge in [0.15, 0.2) is 0 Å². The van der Waals surface area contributed by atoms with Gasteiger partial charge in [0.1, 0.15) is 0 Å². The van der Waals surface area contributed by atoms with Crippen molar-refractivity contribution in [2.45, 2.75) is 12.5 Å². The SMILES string of the molecule is CSC[C@@](C)(O)CN. The molecule has 0 heterocycles. The molecule has 0 unspecified atom stereocenters. The topological polar surface area (TPSA) is 46.2 Å². The molecule has 0 aromatic carbocycles. The molecule has 0 aliphatic heterocycles. The molecule has 0 aromatic rings. The first kappa shape index (κ1) is 8.27. The van der Waals surface area contributed by atoms with Crippen LogP contribution in [0.2, 0.25) is 0 Å². The van der Waals surface area contributed by atoms with Crippen LogP contribution in [0.5, 0.6) is 0 Å². The molecule has 8 heavy (non-hydrogen) atoms. The van der Waals surface area contributed by atoms with Crippen LogP contribution in [0.1, 0.15) is 6.92 Å². The van der Waals surface area contributed by atoms with Gasteiger partial charge in [0.05, 0.1) is 5.60 Å². The van der Waals surface area contributed by atoms with Gasteiger partial charge in [0.2, 0.25) is 0 Å². The van der Waals surface area contributed by atoms with E-state index in [-0.39, 0.29) is 0 Å². The summed E-state index contributed by atoms with van der Waals surface area (Å²) < 4.78 is 0. The standard InChI is InChI=1S/C5H13NOS/c1-5(7,3-6)4-8-2/h7H,3-4,6H2,1-2H3/t5-/m0/s1. The summed E-state index contributed by atoms with van der Waals surface area (Å²) in [6.45, 7) is 2.08. The summed E-state index contributed by atoms with van der Waals surface area (Å²) in [6.07, 6.45) is 1.95. The fourth-order valence-corrected chi connectivity index (χ4v) is 1.11. The van der Waals surface area contributed by atoms with Gasteiger partial charge in [0, 0.05) is 12.3 Å². The van der Waals surface area contributed by atoms with E-state index in [0.29, 0.717) is 12.3 Å². The smallest absolute Gasteiger partial charge is 0.0831 e. The normalized spacial score (nSPS) is 18.0. The van der Waals surface area contributed by atoms with E-state index in [4.69, 9.17) is 5.73 Å². The lowest BCUT2D eigenvalue weighted by atomic mass is 10.1. The average Bonchev–Trinajstić information content (AvgIpc) is 1.67. The van der Waals surface area contributed by atoms with E-state index < -0.39 is 5.60 Å². The Kier molecular flexibility index (Phi) is 3.44. The Labute approximate surface area is 54.5 Å². The third-order valence-electron chi connectivity index (χ3n) is 0.895. The Morgan fingerprint density at radius 1 is 1.75 bits per heavy atom. The van der Waals surface area contributed by atoms with Gasteiger partial charge in [-0.05, 0) is 13.2 Å². The first-order chi connectivity index (χ1) is 3.62. The maximum absolute atomic E-state index is 9.18. The highest BCUT2D eigenvalue weighted by atomic mass is 32.2. The minimum Gasteiger partial charge on any atom is -0.388 e. The van der Waals surface area contributed by atoms with Crippen molar-refractivity contribution in [3.05, 3.63) is 0 Å². The molecule has 0 aliphatic carbocycles. The molecule has 0 spiro atoms. The predicted octanol–water partition coefficient (Wildman–Crippen LogP) is 0.0591. The van der Waals surface area contributed by atoms with E-state index in [1.165, 1.54) is 0 Å². The van der Waals surface area contributed by atoms with Crippen molar-refractivity contribution in [2.75, 3.05) is 18.6 Å². The first-order valence-corrected chi connectivity index (χ1v) is 3.93. The van der Waals surface area contributed by atoms with E-state index in [0.717, 1.165) is 0 Å². The van der Waals surface area contributed by atoms with Crippen LogP contribution in [0.4, 0.5) is 0 Å². The van der Waals surface area contributed by atoms with E-state index in [1.807, 2.05) is 6.26 Å². The van der Waals surface area contributed by atoms with Crippen LogP contribution in [0.15, 0.2) is 0 Å². The van der Waals surface area contributed by atoms with Gasteiger partial charge in [-0.2, -0.15) is 11.8 Å². The highest BCUT2D eigenvalue weighted by molar-refractivity contribution is 7.98. The van der Waals surface area contributed by atoms with Crippen LogP contribution in [-0.4, -0.2) is 29.3 Å². The zero-order valence-corrected chi connectivity index (χ0v) is 6.16. The van der Waals surface area contributed by atoms with Crippen molar-refractivity contribution in [2.24, 2.45) is 5.73 Å². The van der Waals surface area contributed by atoms with E-state index in [9.17, 15) is 5.11 Å². The average molecular weight is 135 g/mol. The number of rotatable bonds is 3. The molecule has 3 N–H and O–H groups in total. The van der Waals surface area contributed by atoms with Gasteiger partial charge >= 0.3 is 0 Å². The number of nitrogens with two attached hydrogens (primary N) is 1. The van der Waals surface area contributed by atoms with Crippen LogP contribution in [0, 0.1) is 0 Å². The lowest BCUT2D eigenvalue weighted by Gasteiger charge is -2.18. The number of aliphatic hydroxyl groups is 1. The molecule has 0 rings (SSSR count). The van der Waals surface area contributed by atoms with Gasteiger partial charge in [-0.1, -0.05) is 0 Å². The fourth-order valence-electron chi connectivity index (χ4n) is 0.370. The Hall–Kier alpha value is 0.270. The minimum absolute atomic E-state index is 0.341. The summed E-state index contributed by atoms with van der Waals surface area (Å²) in [7, 11) is 0. The second-order valence-corrected chi connectivity index (χ2v) is 3.00. The summed E-state index contributed by atoms with van der Waals surface area (Å²) >= 11 is 1.60. The maximum Gasteiger partial charge on any atom is 0.0831 e. The molecular formula is C5H13NOS. The van der Waals surface area contributed by atoms with Crippen LogP contribution >= 0.6 is 11.8 Å². The second-order valence-electron chi connectivity index (χ2n) is 2.13. The highest BCUT2D eigenvalue weighted by Crippen LogP contribution is 2.07. The Morgan fingerprint density at radius 3 is 2.38 bits per heavy atom. The van der Waals surface area contributed by atoms with Gasteiger partial charge in [-0.15, -0.1) is 0 Å². The minimum atomic E-state index is -0.667. The summed E-state index contributed by atoms with van der Waals surface area (Å²) in [6, 6.07) is 0. The van der Waals surface area contributed by atoms with Crippen molar-refractivity contribution in [1.29, 1.82) is 0 Å². The van der Waals surface area contributed by atoms with Crippen molar-refractivity contribution < 1.29 is 5.11 Å². The largest absolute Gasteiger partial charge is 0.388 e. The summed E-state index contributed by atoms with van der Waals surface area (Å²) in [5, 5.41) is 9.18.